The van der Waals surface area contributed by atoms with E-state index in [9.17, 15) is 22.0 Å². The monoisotopic (exact) mass is 689 g/mol. The molecule has 0 radical (unpaired) electrons. The molecule has 254 valence electrons. The Morgan fingerprint density at radius 2 is 1.76 bits per heavy atom. The van der Waals surface area contributed by atoms with Crippen LogP contribution in [0.5, 0.6) is 5.75 Å². The number of sulfone groups is 1. The van der Waals surface area contributed by atoms with E-state index in [0.29, 0.717) is 35.5 Å². The summed E-state index contributed by atoms with van der Waals surface area (Å²) in [4.78, 5) is 22.2. The molecule has 0 unspecified atom stereocenters. The molecule has 4 aromatic carbocycles. The van der Waals surface area contributed by atoms with Crippen LogP contribution in [0.2, 0.25) is 0 Å². The van der Waals surface area contributed by atoms with Gasteiger partial charge in [-0.3, -0.25) is 4.79 Å². The molecule has 4 aromatic rings. The number of nitrogens with zero attached hydrogens (tertiary/aromatic N) is 4. The number of hydrogen-bond acceptors (Lipinski definition) is 8. The molecule has 11 nitrogen and oxygen atoms in total. The fourth-order valence-corrected chi connectivity index (χ4v) is 6.80. The van der Waals surface area contributed by atoms with Gasteiger partial charge in [0.2, 0.25) is 5.90 Å². The number of aliphatic hydroxyl groups excluding tert-OH is 1. The van der Waals surface area contributed by atoms with Gasteiger partial charge in [0.1, 0.15) is 5.75 Å². The number of carbonyl (C=O) groups excluding carboxylic acids is 1. The van der Waals surface area contributed by atoms with E-state index in [2.05, 4.69) is 15.3 Å². The van der Waals surface area contributed by atoms with Crippen molar-refractivity contribution in [3.05, 3.63) is 141 Å². The summed E-state index contributed by atoms with van der Waals surface area (Å²) in [6.07, 6.45) is -1.08. The molecular weight excluding hydrogens is 656 g/mol. The highest BCUT2D eigenvalue weighted by atomic mass is 32.2. The van der Waals surface area contributed by atoms with Crippen LogP contribution in [0.1, 0.15) is 41.2 Å². The van der Waals surface area contributed by atoms with Gasteiger partial charge in [-0.05, 0) is 70.8 Å². The highest BCUT2D eigenvalue weighted by Gasteiger charge is 2.54. The molecule has 1 aliphatic rings. The Balaban J connectivity index is 1.60. The Morgan fingerprint density at radius 1 is 1.02 bits per heavy atom. The number of azide groups is 1. The number of benzene rings is 4. The summed E-state index contributed by atoms with van der Waals surface area (Å²) in [7, 11) is -3.92. The number of amides is 1. The molecule has 14 heteroatoms. The number of ether oxygens (including phenoxy) is 2. The highest BCUT2D eigenvalue weighted by Crippen LogP contribution is 2.44. The van der Waals surface area contributed by atoms with E-state index < -0.39 is 44.8 Å². The van der Waals surface area contributed by atoms with Gasteiger partial charge in [0.15, 0.2) is 33.1 Å². The Hall–Kier alpha value is -5.30. The minimum Gasteiger partial charge on any atom is -0.494 e. The SMILES string of the molecule is [N-]=[N+]=NCc1ccccc1[C@H]1OC(c2ccc(OCCCO)cc2)=N[C@@]1(CCS(=O)(=O)c1ccccc1)C(=O)NCc1ccc(F)c(F)c1. The second kappa shape index (κ2) is 15.7. The van der Waals surface area contributed by atoms with Gasteiger partial charge in [0.05, 0.1) is 23.8 Å². The number of hydrogen-bond donors (Lipinski definition) is 2. The van der Waals surface area contributed by atoms with Crippen molar-refractivity contribution in [2.24, 2.45) is 10.1 Å². The molecule has 0 fully saturated rings. The zero-order valence-electron chi connectivity index (χ0n) is 26.2. The smallest absolute Gasteiger partial charge is 0.252 e. The number of nitrogens with one attached hydrogen (secondary N) is 1. The van der Waals surface area contributed by atoms with Crippen molar-refractivity contribution in [3.8, 4) is 5.75 Å². The summed E-state index contributed by atoms with van der Waals surface area (Å²) in [6.45, 7) is -0.0301. The van der Waals surface area contributed by atoms with Gasteiger partial charge in [-0.25, -0.2) is 22.2 Å². The number of aliphatic imine (C=N–C) groups is 1. The predicted molar refractivity (Wildman–Crippen MR) is 177 cm³/mol. The fraction of sp³-hybridized carbons (Fsp3) is 0.257. The first-order chi connectivity index (χ1) is 23.7. The third-order valence-corrected chi connectivity index (χ3v) is 9.70. The zero-order chi connectivity index (χ0) is 34.9. The van der Waals surface area contributed by atoms with Gasteiger partial charge in [-0.15, -0.1) is 0 Å². The van der Waals surface area contributed by atoms with E-state index >= 15 is 0 Å². The Kier molecular flexibility index (Phi) is 11.2. The van der Waals surface area contributed by atoms with Gasteiger partial charge in [0, 0.05) is 36.5 Å². The van der Waals surface area contributed by atoms with Crippen LogP contribution in [0.25, 0.3) is 10.4 Å². The molecule has 2 atom stereocenters. The van der Waals surface area contributed by atoms with Gasteiger partial charge in [-0.2, -0.15) is 0 Å². The highest BCUT2D eigenvalue weighted by molar-refractivity contribution is 7.91. The van der Waals surface area contributed by atoms with E-state index in [0.717, 1.165) is 12.1 Å². The molecular formula is C35H33F2N5O6S. The van der Waals surface area contributed by atoms with Crippen LogP contribution >= 0.6 is 0 Å². The topological polar surface area (TPSA) is 163 Å². The second-order valence-corrected chi connectivity index (χ2v) is 13.3. The third kappa shape index (κ3) is 8.23. The number of aliphatic hydroxyl groups is 1. The van der Waals surface area contributed by atoms with Crippen LogP contribution in [0.4, 0.5) is 8.78 Å². The fourth-order valence-electron chi connectivity index (χ4n) is 5.41. The van der Waals surface area contributed by atoms with Gasteiger partial charge in [-0.1, -0.05) is 53.6 Å². The lowest BCUT2D eigenvalue weighted by atomic mass is 9.83. The lowest BCUT2D eigenvalue weighted by Gasteiger charge is -2.31. The largest absolute Gasteiger partial charge is 0.494 e. The lowest BCUT2D eigenvalue weighted by molar-refractivity contribution is -0.129. The third-order valence-electron chi connectivity index (χ3n) is 7.96. The maximum absolute atomic E-state index is 14.4. The average molecular weight is 690 g/mol. The zero-order valence-corrected chi connectivity index (χ0v) is 27.0. The molecule has 1 amide bonds. The van der Waals surface area contributed by atoms with Crippen molar-refractivity contribution in [1.29, 1.82) is 0 Å². The maximum atomic E-state index is 14.4. The number of rotatable bonds is 15. The molecule has 0 spiro atoms. The molecule has 1 aliphatic heterocycles. The van der Waals surface area contributed by atoms with Crippen LogP contribution in [0.3, 0.4) is 0 Å². The maximum Gasteiger partial charge on any atom is 0.252 e. The van der Waals surface area contributed by atoms with Crippen molar-refractivity contribution in [2.75, 3.05) is 19.0 Å². The van der Waals surface area contributed by atoms with Crippen molar-refractivity contribution in [1.82, 2.24) is 5.32 Å². The molecule has 0 saturated carbocycles. The first-order valence-corrected chi connectivity index (χ1v) is 17.0. The second-order valence-electron chi connectivity index (χ2n) is 11.2. The summed E-state index contributed by atoms with van der Waals surface area (Å²) in [6, 6.07) is 24.5. The Bertz CT molecular complexity index is 1970. The normalized spacial score (nSPS) is 17.0. The summed E-state index contributed by atoms with van der Waals surface area (Å²) in [5.41, 5.74) is 8.86. The first-order valence-electron chi connectivity index (χ1n) is 15.4. The van der Waals surface area contributed by atoms with E-state index in [-0.39, 0.29) is 42.5 Å². The van der Waals surface area contributed by atoms with Crippen LogP contribution in [-0.2, 0) is 32.5 Å². The molecule has 2 N–H and O–H groups in total. The first kappa shape index (κ1) is 35.0. The van der Waals surface area contributed by atoms with Crippen molar-refractivity contribution >= 4 is 21.6 Å². The predicted octanol–water partition coefficient (Wildman–Crippen LogP) is 5.97. The van der Waals surface area contributed by atoms with Crippen molar-refractivity contribution in [2.45, 2.75) is 42.5 Å². The van der Waals surface area contributed by atoms with Crippen LogP contribution < -0.4 is 10.1 Å². The quantitative estimate of drug-likeness (QED) is 0.0676. The number of carbonyl (C=O) groups is 1. The minimum absolute atomic E-state index is 0.0223. The molecule has 5 rings (SSSR count). The average Bonchev–Trinajstić information content (AvgIpc) is 3.52. The van der Waals surface area contributed by atoms with Gasteiger partial charge < -0.3 is 19.9 Å². The molecule has 0 aromatic heterocycles. The molecule has 0 saturated heterocycles. The molecule has 0 aliphatic carbocycles. The standard InChI is InChI=1S/C35H33F2N5O6S/c36-30-16-11-24(21-31(30)37)22-39-34(44)35(17-20-49(45,46)28-8-2-1-3-9-28)32(29-10-5-4-7-26(29)23-40-42-38)48-33(41-35)25-12-14-27(15-13-25)47-19-6-18-43/h1-5,7-16,21,32,43H,6,17-20,22-23H2,(H,39,44)/t32-,35-/m1/s1. The minimum atomic E-state index is -3.92. The molecule has 0 bridgehead atoms. The van der Waals surface area contributed by atoms with Crippen LogP contribution in [0.15, 0.2) is 112 Å². The van der Waals surface area contributed by atoms with E-state index in [1.807, 2.05) is 0 Å². The summed E-state index contributed by atoms with van der Waals surface area (Å²) in [5, 5.41) is 15.5. The van der Waals surface area contributed by atoms with Crippen molar-refractivity contribution in [3.63, 3.8) is 0 Å². The summed E-state index contributed by atoms with van der Waals surface area (Å²) in [5.74, 6) is -2.78. The lowest BCUT2D eigenvalue weighted by Crippen LogP contribution is -2.49. The molecule has 49 heavy (non-hydrogen) atoms. The van der Waals surface area contributed by atoms with E-state index in [1.165, 1.54) is 18.2 Å². The van der Waals surface area contributed by atoms with Gasteiger partial charge >= 0.3 is 0 Å². The summed E-state index contributed by atoms with van der Waals surface area (Å²) < 4.78 is 66.9. The van der Waals surface area contributed by atoms with E-state index in [1.54, 1.807) is 66.7 Å². The molecule has 1 heterocycles. The van der Waals surface area contributed by atoms with Gasteiger partial charge in [0.25, 0.3) is 5.91 Å². The Labute approximate surface area is 281 Å². The van der Waals surface area contributed by atoms with Crippen molar-refractivity contribution < 1.29 is 36.6 Å². The number of halogens is 2. The van der Waals surface area contributed by atoms with E-state index in [4.69, 9.17) is 25.1 Å². The van der Waals surface area contributed by atoms with Crippen LogP contribution in [0, 0.1) is 11.6 Å². The Morgan fingerprint density at radius 3 is 2.47 bits per heavy atom. The summed E-state index contributed by atoms with van der Waals surface area (Å²) >= 11 is 0. The van der Waals surface area contributed by atoms with Crippen LogP contribution in [-0.4, -0.2) is 49.8 Å².